The molecular weight excluding hydrogens is 216 g/mol. The van der Waals surface area contributed by atoms with E-state index in [2.05, 4.69) is 32.2 Å². The summed E-state index contributed by atoms with van der Waals surface area (Å²) in [6.45, 7) is 2.88. The van der Waals surface area contributed by atoms with Crippen molar-refractivity contribution in [1.29, 1.82) is 0 Å². The number of nitrogens with one attached hydrogen (secondary N) is 2. The van der Waals surface area contributed by atoms with Gasteiger partial charge in [0.2, 0.25) is 0 Å². The Labute approximate surface area is 100 Å². The van der Waals surface area contributed by atoms with E-state index in [1.165, 1.54) is 12.7 Å². The Kier molecular flexibility index (Phi) is 3.87. The van der Waals surface area contributed by atoms with E-state index in [1.807, 2.05) is 0 Å². The highest BCUT2D eigenvalue weighted by Gasteiger charge is 2.07. The Balaban J connectivity index is 1.96. The van der Waals surface area contributed by atoms with Gasteiger partial charge in [0.25, 0.3) is 0 Å². The molecule has 2 heterocycles. The first-order valence-corrected chi connectivity index (χ1v) is 5.94. The largest absolute Gasteiger partial charge is 0.367 e. The molecule has 6 nitrogen and oxygen atoms in total. The lowest BCUT2D eigenvalue weighted by atomic mass is 10.1. The van der Waals surface area contributed by atoms with Crippen molar-refractivity contribution in [3.63, 3.8) is 0 Å². The molecule has 0 saturated heterocycles. The van der Waals surface area contributed by atoms with Gasteiger partial charge in [-0.15, -0.1) is 0 Å². The Hall–Kier alpha value is -1.69. The van der Waals surface area contributed by atoms with Gasteiger partial charge in [-0.1, -0.05) is 19.8 Å². The summed E-state index contributed by atoms with van der Waals surface area (Å²) in [4.78, 5) is 15.3. The summed E-state index contributed by atoms with van der Waals surface area (Å²) in [5.41, 5.74) is 7.50. The number of aromatic amines is 1. The minimum atomic E-state index is 0.155. The maximum Gasteiger partial charge on any atom is 0.182 e. The molecule has 0 fully saturated rings. The molecule has 0 aliphatic heterocycles. The van der Waals surface area contributed by atoms with Gasteiger partial charge in [0.1, 0.15) is 11.8 Å². The molecule has 0 amide bonds. The maximum absolute atomic E-state index is 6.00. The zero-order valence-electron chi connectivity index (χ0n) is 9.98. The van der Waals surface area contributed by atoms with Gasteiger partial charge in [0, 0.05) is 12.6 Å². The number of nitrogens with two attached hydrogens (primary N) is 1. The van der Waals surface area contributed by atoms with Crippen LogP contribution < -0.4 is 11.1 Å². The Bertz CT molecular complexity index is 466. The molecule has 2 rings (SSSR count). The van der Waals surface area contributed by atoms with E-state index >= 15 is 0 Å². The molecule has 0 radical (unpaired) electrons. The fourth-order valence-corrected chi connectivity index (χ4v) is 1.70. The van der Waals surface area contributed by atoms with Crippen LogP contribution >= 0.6 is 0 Å². The molecule has 1 unspecified atom stereocenters. The SMILES string of the molecule is CCCCC(N)CNc1ncnc2nc[nH]c12. The summed E-state index contributed by atoms with van der Waals surface area (Å²) in [6.07, 6.45) is 6.48. The molecule has 4 N–H and O–H groups in total. The highest BCUT2D eigenvalue weighted by atomic mass is 15.1. The minimum absolute atomic E-state index is 0.155. The lowest BCUT2D eigenvalue weighted by Gasteiger charge is -2.12. The van der Waals surface area contributed by atoms with Crippen molar-refractivity contribution in [1.82, 2.24) is 19.9 Å². The number of hydrogen-bond donors (Lipinski definition) is 3. The van der Waals surface area contributed by atoms with Crippen molar-refractivity contribution in [3.8, 4) is 0 Å². The maximum atomic E-state index is 6.00. The number of rotatable bonds is 6. The molecular formula is C11H18N6. The summed E-state index contributed by atoms with van der Waals surface area (Å²) < 4.78 is 0. The second-order valence-corrected chi connectivity index (χ2v) is 4.11. The number of aromatic nitrogens is 4. The van der Waals surface area contributed by atoms with E-state index in [0.717, 1.165) is 24.2 Å². The average Bonchev–Trinajstić information content (AvgIpc) is 2.82. The van der Waals surface area contributed by atoms with Crippen molar-refractivity contribution in [2.75, 3.05) is 11.9 Å². The van der Waals surface area contributed by atoms with Crippen molar-refractivity contribution in [3.05, 3.63) is 12.7 Å². The quantitative estimate of drug-likeness (QED) is 0.700. The predicted molar refractivity (Wildman–Crippen MR) is 67.7 cm³/mol. The number of anilines is 1. The van der Waals surface area contributed by atoms with E-state index in [1.54, 1.807) is 6.33 Å². The number of hydrogen-bond acceptors (Lipinski definition) is 5. The monoisotopic (exact) mass is 234 g/mol. The number of nitrogens with zero attached hydrogens (tertiary/aromatic N) is 3. The third-order valence-corrected chi connectivity index (χ3v) is 2.68. The number of H-pyrrole nitrogens is 1. The highest BCUT2D eigenvalue weighted by Crippen LogP contribution is 2.14. The van der Waals surface area contributed by atoms with Crippen LogP contribution in [0.4, 0.5) is 5.82 Å². The first-order valence-electron chi connectivity index (χ1n) is 5.94. The van der Waals surface area contributed by atoms with E-state index in [4.69, 9.17) is 5.73 Å². The topological polar surface area (TPSA) is 92.5 Å². The van der Waals surface area contributed by atoms with Gasteiger partial charge < -0.3 is 16.0 Å². The number of fused-ring (bicyclic) bond motifs is 1. The van der Waals surface area contributed by atoms with Crippen LogP contribution in [0.3, 0.4) is 0 Å². The zero-order valence-corrected chi connectivity index (χ0v) is 9.98. The van der Waals surface area contributed by atoms with Gasteiger partial charge in [-0.05, 0) is 6.42 Å². The Morgan fingerprint density at radius 3 is 3.12 bits per heavy atom. The fraction of sp³-hybridized carbons (Fsp3) is 0.545. The van der Waals surface area contributed by atoms with Crippen LogP contribution in [-0.2, 0) is 0 Å². The standard InChI is InChI=1S/C11H18N6/c1-2-3-4-8(12)5-13-10-9-11(15-6-14-9)17-7-16-10/h6-8H,2-5,12H2,1H3,(H2,13,14,15,16,17). The summed E-state index contributed by atoms with van der Waals surface area (Å²) in [5.74, 6) is 0.763. The third-order valence-electron chi connectivity index (χ3n) is 2.68. The Morgan fingerprint density at radius 1 is 1.41 bits per heavy atom. The van der Waals surface area contributed by atoms with Crippen molar-refractivity contribution < 1.29 is 0 Å². The van der Waals surface area contributed by atoms with E-state index in [-0.39, 0.29) is 6.04 Å². The van der Waals surface area contributed by atoms with Crippen LogP contribution in [-0.4, -0.2) is 32.5 Å². The first kappa shape index (κ1) is 11.8. The molecule has 0 aromatic carbocycles. The first-order chi connectivity index (χ1) is 8.31. The molecule has 17 heavy (non-hydrogen) atoms. The summed E-state index contributed by atoms with van der Waals surface area (Å²) in [6, 6.07) is 0.155. The van der Waals surface area contributed by atoms with Gasteiger partial charge in [-0.25, -0.2) is 15.0 Å². The van der Waals surface area contributed by atoms with Crippen LogP contribution in [0.5, 0.6) is 0 Å². The average molecular weight is 234 g/mol. The van der Waals surface area contributed by atoms with Crippen LogP contribution in [0, 0.1) is 0 Å². The minimum Gasteiger partial charge on any atom is -0.367 e. The lowest BCUT2D eigenvalue weighted by molar-refractivity contribution is 0.595. The molecule has 0 aliphatic rings. The van der Waals surface area contributed by atoms with Gasteiger partial charge in [-0.3, -0.25) is 0 Å². The molecule has 0 saturated carbocycles. The van der Waals surface area contributed by atoms with E-state index < -0.39 is 0 Å². The lowest BCUT2D eigenvalue weighted by Crippen LogP contribution is -2.29. The van der Waals surface area contributed by atoms with Gasteiger partial charge in [0.05, 0.1) is 6.33 Å². The summed E-state index contributed by atoms with van der Waals surface area (Å²) in [7, 11) is 0. The molecule has 2 aromatic heterocycles. The number of imidazole rings is 1. The van der Waals surface area contributed by atoms with Crippen molar-refractivity contribution in [2.45, 2.75) is 32.2 Å². The molecule has 2 aromatic rings. The van der Waals surface area contributed by atoms with E-state index in [9.17, 15) is 0 Å². The van der Waals surface area contributed by atoms with Gasteiger partial charge in [-0.2, -0.15) is 0 Å². The molecule has 0 aliphatic carbocycles. The fourth-order valence-electron chi connectivity index (χ4n) is 1.70. The second kappa shape index (κ2) is 5.58. The third kappa shape index (κ3) is 2.91. The van der Waals surface area contributed by atoms with Crippen molar-refractivity contribution >= 4 is 17.0 Å². The second-order valence-electron chi connectivity index (χ2n) is 4.11. The summed E-state index contributed by atoms with van der Waals surface area (Å²) >= 11 is 0. The highest BCUT2D eigenvalue weighted by molar-refractivity contribution is 5.81. The molecule has 92 valence electrons. The molecule has 0 spiro atoms. The van der Waals surface area contributed by atoms with Crippen LogP contribution in [0.15, 0.2) is 12.7 Å². The van der Waals surface area contributed by atoms with Crippen LogP contribution in [0.25, 0.3) is 11.2 Å². The molecule has 0 bridgehead atoms. The normalized spacial score (nSPS) is 12.8. The van der Waals surface area contributed by atoms with Crippen LogP contribution in [0.2, 0.25) is 0 Å². The zero-order chi connectivity index (χ0) is 12.1. The summed E-state index contributed by atoms with van der Waals surface area (Å²) in [5, 5.41) is 3.24. The van der Waals surface area contributed by atoms with Gasteiger partial charge >= 0.3 is 0 Å². The smallest absolute Gasteiger partial charge is 0.182 e. The Morgan fingerprint density at radius 2 is 2.29 bits per heavy atom. The van der Waals surface area contributed by atoms with Gasteiger partial charge in [0.15, 0.2) is 11.5 Å². The number of unbranched alkanes of at least 4 members (excludes halogenated alkanes) is 1. The van der Waals surface area contributed by atoms with Crippen molar-refractivity contribution in [2.24, 2.45) is 5.73 Å². The molecule has 1 atom stereocenters. The molecule has 6 heteroatoms. The van der Waals surface area contributed by atoms with E-state index in [0.29, 0.717) is 12.2 Å². The predicted octanol–water partition coefficient (Wildman–Crippen LogP) is 1.28. The van der Waals surface area contributed by atoms with Crippen LogP contribution in [0.1, 0.15) is 26.2 Å².